The van der Waals surface area contributed by atoms with Gasteiger partial charge in [-0.15, -0.1) is 0 Å². The number of hydrogen-bond acceptors (Lipinski definition) is 2. The lowest BCUT2D eigenvalue weighted by Gasteiger charge is -2.17. The molecule has 1 unspecified atom stereocenters. The minimum atomic E-state index is 0.569. The van der Waals surface area contributed by atoms with E-state index in [0.717, 1.165) is 13.1 Å². The average Bonchev–Trinajstić information content (AvgIpc) is 2.31. The van der Waals surface area contributed by atoms with Gasteiger partial charge < -0.3 is 5.32 Å². The summed E-state index contributed by atoms with van der Waals surface area (Å²) in [7, 11) is 1.98. The molecule has 3 nitrogen and oxygen atoms in total. The Morgan fingerprint density at radius 3 is 3.27 bits per heavy atom. The van der Waals surface area contributed by atoms with Crippen LogP contribution in [0, 0.1) is 0 Å². The maximum Gasteiger partial charge on any atom is 0.0710 e. The number of hydrogen-bond donors (Lipinski definition) is 1. The normalized spacial score (nSPS) is 23.3. The molecule has 1 aliphatic heterocycles. The van der Waals surface area contributed by atoms with Gasteiger partial charge >= 0.3 is 0 Å². The summed E-state index contributed by atoms with van der Waals surface area (Å²) in [6, 6.07) is 0. The first-order valence-electron chi connectivity index (χ1n) is 4.00. The molecule has 0 bridgehead atoms. The molecule has 0 saturated heterocycles. The Labute approximate surface area is 66.4 Å². The van der Waals surface area contributed by atoms with Crippen molar-refractivity contribution < 1.29 is 0 Å². The van der Waals surface area contributed by atoms with Crippen molar-refractivity contribution in [2.75, 3.05) is 6.54 Å². The highest BCUT2D eigenvalue weighted by atomic mass is 15.3. The monoisotopic (exact) mass is 151 g/mol. The number of aromatic nitrogens is 2. The van der Waals surface area contributed by atoms with E-state index in [1.54, 1.807) is 0 Å². The quantitative estimate of drug-likeness (QED) is 0.589. The molecule has 1 aromatic heterocycles. The maximum absolute atomic E-state index is 4.41. The van der Waals surface area contributed by atoms with Crippen LogP contribution in [0.1, 0.15) is 24.1 Å². The summed E-state index contributed by atoms with van der Waals surface area (Å²) >= 11 is 0. The first-order chi connectivity index (χ1) is 5.27. The third kappa shape index (κ3) is 1.05. The van der Waals surface area contributed by atoms with Gasteiger partial charge in [0.05, 0.1) is 5.69 Å². The lowest BCUT2D eigenvalue weighted by Crippen LogP contribution is -2.25. The zero-order valence-electron chi connectivity index (χ0n) is 6.96. The minimum absolute atomic E-state index is 0.569. The first kappa shape index (κ1) is 6.85. The van der Waals surface area contributed by atoms with Crippen LogP contribution in [-0.4, -0.2) is 16.3 Å². The molecule has 0 radical (unpaired) electrons. The van der Waals surface area contributed by atoms with Crippen LogP contribution in [-0.2, 0) is 13.6 Å². The Hall–Kier alpha value is -0.830. The van der Waals surface area contributed by atoms with Crippen LogP contribution in [0.25, 0.3) is 0 Å². The smallest absolute Gasteiger partial charge is 0.0710 e. The summed E-state index contributed by atoms with van der Waals surface area (Å²) in [6.45, 7) is 4.25. The van der Waals surface area contributed by atoms with Crippen LogP contribution in [0.2, 0.25) is 0 Å². The maximum atomic E-state index is 4.41. The van der Waals surface area contributed by atoms with Crippen LogP contribution >= 0.6 is 0 Å². The van der Waals surface area contributed by atoms with E-state index in [4.69, 9.17) is 0 Å². The van der Waals surface area contributed by atoms with Crippen molar-refractivity contribution in [2.24, 2.45) is 7.05 Å². The summed E-state index contributed by atoms with van der Waals surface area (Å²) in [6.07, 6.45) is 2.10. The van der Waals surface area contributed by atoms with Gasteiger partial charge in [-0.25, -0.2) is 0 Å². The molecule has 1 aliphatic rings. The second-order valence-electron chi connectivity index (χ2n) is 3.25. The summed E-state index contributed by atoms with van der Waals surface area (Å²) < 4.78 is 1.90. The summed E-state index contributed by atoms with van der Waals surface area (Å²) in [5.41, 5.74) is 2.62. The average molecular weight is 151 g/mol. The molecule has 0 aliphatic carbocycles. The van der Waals surface area contributed by atoms with Crippen LogP contribution in [0.4, 0.5) is 0 Å². The third-order valence-corrected chi connectivity index (χ3v) is 2.17. The zero-order valence-corrected chi connectivity index (χ0v) is 6.96. The van der Waals surface area contributed by atoms with Gasteiger partial charge in [0.2, 0.25) is 0 Å². The van der Waals surface area contributed by atoms with Crippen LogP contribution < -0.4 is 5.32 Å². The molecular formula is C8H13N3. The van der Waals surface area contributed by atoms with E-state index >= 15 is 0 Å². The molecule has 11 heavy (non-hydrogen) atoms. The van der Waals surface area contributed by atoms with Crippen LogP contribution in [0.15, 0.2) is 6.20 Å². The molecule has 0 spiro atoms. The van der Waals surface area contributed by atoms with E-state index in [2.05, 4.69) is 23.5 Å². The molecule has 1 atom stereocenters. The Kier molecular flexibility index (Phi) is 1.46. The first-order valence-corrected chi connectivity index (χ1v) is 4.00. The van der Waals surface area contributed by atoms with E-state index in [9.17, 15) is 0 Å². The molecule has 0 saturated carbocycles. The number of aryl methyl sites for hydroxylation is 1. The Morgan fingerprint density at radius 2 is 2.55 bits per heavy atom. The molecule has 2 heterocycles. The van der Waals surface area contributed by atoms with Gasteiger partial charge in [-0.1, -0.05) is 6.92 Å². The molecule has 60 valence electrons. The van der Waals surface area contributed by atoms with Crippen molar-refractivity contribution >= 4 is 0 Å². The largest absolute Gasteiger partial charge is 0.312 e. The lowest BCUT2D eigenvalue weighted by atomic mass is 10.0. The summed E-state index contributed by atoms with van der Waals surface area (Å²) in [5.74, 6) is 0.569. The van der Waals surface area contributed by atoms with Gasteiger partial charge in [-0.05, 0) is 0 Å². The summed E-state index contributed by atoms with van der Waals surface area (Å²) in [4.78, 5) is 0. The molecule has 3 heteroatoms. The van der Waals surface area contributed by atoms with Crippen molar-refractivity contribution in [1.29, 1.82) is 0 Å². The lowest BCUT2D eigenvalue weighted by molar-refractivity contribution is 0.558. The highest BCUT2D eigenvalue weighted by Gasteiger charge is 2.18. The van der Waals surface area contributed by atoms with Crippen molar-refractivity contribution in [3.8, 4) is 0 Å². The molecule has 1 aromatic rings. The van der Waals surface area contributed by atoms with Gasteiger partial charge in [0.25, 0.3) is 0 Å². The van der Waals surface area contributed by atoms with E-state index in [1.165, 1.54) is 11.3 Å². The van der Waals surface area contributed by atoms with Crippen molar-refractivity contribution in [3.05, 3.63) is 17.5 Å². The van der Waals surface area contributed by atoms with Gasteiger partial charge in [-0.3, -0.25) is 4.68 Å². The second-order valence-corrected chi connectivity index (χ2v) is 3.25. The van der Waals surface area contributed by atoms with Crippen LogP contribution in [0.3, 0.4) is 0 Å². The van der Waals surface area contributed by atoms with E-state index in [1.807, 2.05) is 11.7 Å². The number of rotatable bonds is 0. The van der Waals surface area contributed by atoms with Crippen LogP contribution in [0.5, 0.6) is 0 Å². The second kappa shape index (κ2) is 2.34. The van der Waals surface area contributed by atoms with E-state index in [0.29, 0.717) is 5.92 Å². The Balaban J connectivity index is 2.43. The predicted molar refractivity (Wildman–Crippen MR) is 43.3 cm³/mol. The predicted octanol–water partition coefficient (Wildman–Crippen LogP) is 0.627. The van der Waals surface area contributed by atoms with Gasteiger partial charge in [-0.2, -0.15) is 5.10 Å². The SMILES string of the molecule is CC1CNCc2cn(C)nc21. The van der Waals surface area contributed by atoms with Gasteiger partial charge in [0.1, 0.15) is 0 Å². The fraction of sp³-hybridized carbons (Fsp3) is 0.625. The third-order valence-electron chi connectivity index (χ3n) is 2.17. The standard InChI is InChI=1S/C8H13N3/c1-6-3-9-4-7-5-11(2)10-8(6)7/h5-6,9H,3-4H2,1-2H3. The topological polar surface area (TPSA) is 29.9 Å². The van der Waals surface area contributed by atoms with E-state index in [-0.39, 0.29) is 0 Å². The fourth-order valence-corrected chi connectivity index (χ4v) is 1.63. The highest BCUT2D eigenvalue weighted by molar-refractivity contribution is 5.23. The highest BCUT2D eigenvalue weighted by Crippen LogP contribution is 2.20. The Bertz CT molecular complexity index is 264. The summed E-state index contributed by atoms with van der Waals surface area (Å²) in [5, 5.41) is 7.76. The molecule has 0 amide bonds. The van der Waals surface area contributed by atoms with Crippen molar-refractivity contribution in [2.45, 2.75) is 19.4 Å². The Morgan fingerprint density at radius 1 is 1.73 bits per heavy atom. The molecule has 2 rings (SSSR count). The minimum Gasteiger partial charge on any atom is -0.312 e. The fourth-order valence-electron chi connectivity index (χ4n) is 1.63. The van der Waals surface area contributed by atoms with Crippen molar-refractivity contribution in [1.82, 2.24) is 15.1 Å². The molecular weight excluding hydrogens is 138 g/mol. The van der Waals surface area contributed by atoms with Gasteiger partial charge in [0, 0.05) is 37.8 Å². The molecule has 1 N–H and O–H groups in total. The number of nitrogens with one attached hydrogen (secondary N) is 1. The number of fused-ring (bicyclic) bond motifs is 1. The van der Waals surface area contributed by atoms with E-state index < -0.39 is 0 Å². The van der Waals surface area contributed by atoms with Crippen molar-refractivity contribution in [3.63, 3.8) is 0 Å². The number of nitrogens with zero attached hydrogens (tertiary/aromatic N) is 2. The molecule has 0 aromatic carbocycles. The molecule has 0 fully saturated rings. The zero-order chi connectivity index (χ0) is 7.84. The van der Waals surface area contributed by atoms with Gasteiger partial charge in [0.15, 0.2) is 0 Å².